The van der Waals surface area contributed by atoms with E-state index in [0.717, 1.165) is 24.0 Å². The third-order valence-electron chi connectivity index (χ3n) is 7.50. The van der Waals surface area contributed by atoms with Crippen LogP contribution in [0.2, 0.25) is 0 Å². The van der Waals surface area contributed by atoms with Gasteiger partial charge in [0.2, 0.25) is 0 Å². The molecule has 0 unspecified atom stereocenters. The maximum atomic E-state index is 13.3. The van der Waals surface area contributed by atoms with E-state index in [4.69, 9.17) is 23.7 Å². The van der Waals surface area contributed by atoms with Gasteiger partial charge in [-0.15, -0.1) is 0 Å². The molecule has 0 radical (unpaired) electrons. The first-order chi connectivity index (χ1) is 20.6. The molecule has 0 saturated carbocycles. The Kier molecular flexibility index (Phi) is 17.0. The molecule has 9 nitrogen and oxygen atoms in total. The fourth-order valence-corrected chi connectivity index (χ4v) is 5.11. The van der Waals surface area contributed by atoms with Crippen molar-refractivity contribution in [3.63, 3.8) is 0 Å². The summed E-state index contributed by atoms with van der Waals surface area (Å²) in [6.45, 7) is 7.66. The lowest BCUT2D eigenvalue weighted by Gasteiger charge is -2.42. The summed E-state index contributed by atoms with van der Waals surface area (Å²) in [5.41, 5.74) is 2.17. The minimum atomic E-state index is -1.36. The highest BCUT2D eigenvalue weighted by molar-refractivity contribution is 5.70. The summed E-state index contributed by atoms with van der Waals surface area (Å²) < 4.78 is 28.7. The number of carbonyl (C=O) groups is 1. The molecule has 0 aromatic rings. The normalized spacial score (nSPS) is 37.5. The molecule has 3 N–H and O–H groups in total. The van der Waals surface area contributed by atoms with Crippen LogP contribution < -0.4 is 0 Å². The molecule has 2 heterocycles. The topological polar surface area (TPSA) is 124 Å². The summed E-state index contributed by atoms with van der Waals surface area (Å²) in [6.07, 6.45) is 14.9. The van der Waals surface area contributed by atoms with Gasteiger partial charge < -0.3 is 39.0 Å². The van der Waals surface area contributed by atoms with Crippen molar-refractivity contribution in [2.75, 3.05) is 20.8 Å². The molecule has 0 aromatic carbocycles. The monoisotopic (exact) mass is 604 g/mol. The zero-order chi connectivity index (χ0) is 31.8. The molecule has 43 heavy (non-hydrogen) atoms. The van der Waals surface area contributed by atoms with Crippen LogP contribution in [-0.4, -0.2) is 91.1 Å². The summed E-state index contributed by atoms with van der Waals surface area (Å²) in [7, 11) is 3.01. The van der Waals surface area contributed by atoms with Gasteiger partial charge in [-0.2, -0.15) is 0 Å². The first-order valence-corrected chi connectivity index (χ1v) is 15.1. The lowest BCUT2D eigenvalue weighted by Crippen LogP contribution is -2.60. The van der Waals surface area contributed by atoms with Gasteiger partial charge in [-0.3, -0.25) is 4.79 Å². The van der Waals surface area contributed by atoms with Gasteiger partial charge in [0.05, 0.1) is 25.2 Å². The van der Waals surface area contributed by atoms with E-state index < -0.39 is 55.5 Å². The second kappa shape index (κ2) is 19.8. The highest BCUT2D eigenvalue weighted by Crippen LogP contribution is 2.26. The van der Waals surface area contributed by atoms with Crippen LogP contribution in [0.15, 0.2) is 71.9 Å². The molecule has 1 fully saturated rings. The van der Waals surface area contributed by atoms with Gasteiger partial charge >= 0.3 is 5.97 Å². The number of aliphatic hydroxyl groups excluding tert-OH is 3. The summed E-state index contributed by atoms with van der Waals surface area (Å²) >= 11 is 0. The highest BCUT2D eigenvalue weighted by Gasteiger charge is 2.46. The van der Waals surface area contributed by atoms with E-state index in [1.807, 2.05) is 63.3 Å². The first-order valence-electron chi connectivity index (χ1n) is 15.1. The third-order valence-corrected chi connectivity index (χ3v) is 7.50. The molecule has 2 aliphatic rings. The minimum absolute atomic E-state index is 0.154. The van der Waals surface area contributed by atoms with Crippen molar-refractivity contribution in [2.24, 2.45) is 5.92 Å². The molecule has 0 aliphatic carbocycles. The van der Waals surface area contributed by atoms with Gasteiger partial charge in [-0.1, -0.05) is 67.2 Å². The van der Waals surface area contributed by atoms with Gasteiger partial charge in [0.15, 0.2) is 6.29 Å². The Morgan fingerprint density at radius 3 is 2.44 bits per heavy atom. The molecule has 0 bridgehead atoms. The zero-order valence-corrected chi connectivity index (χ0v) is 26.5. The average molecular weight is 605 g/mol. The first kappa shape index (κ1) is 36.8. The van der Waals surface area contributed by atoms with Crippen molar-refractivity contribution >= 4 is 5.97 Å². The highest BCUT2D eigenvalue weighted by atomic mass is 16.7. The van der Waals surface area contributed by atoms with Crippen molar-refractivity contribution in [3.05, 3.63) is 71.9 Å². The Morgan fingerprint density at radius 1 is 1.07 bits per heavy atom. The number of methoxy groups -OCH3 is 2. The lowest BCUT2D eigenvalue weighted by molar-refractivity contribution is -0.311. The number of esters is 1. The second-order valence-electron chi connectivity index (χ2n) is 11.2. The number of hydrogen-bond donors (Lipinski definition) is 3. The Hall–Kier alpha value is -2.37. The lowest BCUT2D eigenvalue weighted by atomic mass is 9.98. The van der Waals surface area contributed by atoms with E-state index in [0.29, 0.717) is 18.8 Å². The van der Waals surface area contributed by atoms with Crippen molar-refractivity contribution in [3.8, 4) is 0 Å². The molecule has 9 heteroatoms. The zero-order valence-electron chi connectivity index (χ0n) is 26.5. The van der Waals surface area contributed by atoms with Gasteiger partial charge in [-0.05, 0) is 57.6 Å². The van der Waals surface area contributed by atoms with Gasteiger partial charge in [0.25, 0.3) is 0 Å². The SMILES string of the molecule is C/C=C/C/C(C)=C/[C@H]1C/C=C/C=C/C[C@H](C)/C=C(\C)[C@@H](OC)C/C=C/[C@@H](O[C@@H]2O[C@H](CO)[C@@H](O)[C@H](OC)[C@H]2O)CC(=O)O1. The molecule has 0 amide bonds. The van der Waals surface area contributed by atoms with Crippen molar-refractivity contribution in [2.45, 2.75) is 109 Å². The molecule has 1 saturated heterocycles. The fraction of sp³-hybridized carbons (Fsp3) is 0.618. The summed E-state index contributed by atoms with van der Waals surface area (Å²) in [5, 5.41) is 31.0. The molecule has 0 aromatic heterocycles. The second-order valence-corrected chi connectivity index (χ2v) is 11.2. The summed E-state index contributed by atoms with van der Waals surface area (Å²) in [5.74, 6) is -0.166. The van der Waals surface area contributed by atoms with Crippen molar-refractivity contribution in [1.82, 2.24) is 0 Å². The average Bonchev–Trinajstić information content (AvgIpc) is 2.96. The van der Waals surface area contributed by atoms with E-state index in [-0.39, 0.29) is 12.5 Å². The molecule has 0 spiro atoms. The maximum Gasteiger partial charge on any atom is 0.309 e. The molecular weight excluding hydrogens is 552 g/mol. The standard InChI is InChI=1S/C34H52O9/c1-7-8-14-24(3)20-26-16-12-10-9-11-15-23(2)19-25(4)28(39-5)18-13-17-27(21-30(36)41-26)42-34-32(38)33(40-6)31(37)29(22-35)43-34/h7-13,17,19-20,23,26-29,31-35,37-38H,14-16,18,21-22H2,1-6H3/b8-7+,11-9+,12-10+,17-13+,24-20+,25-19+/t23-,26+,27+,28-,29+,31+,32+,33-,34+/m0/s1. The van der Waals surface area contributed by atoms with Crippen LogP contribution in [0.4, 0.5) is 0 Å². The fourth-order valence-electron chi connectivity index (χ4n) is 5.11. The molecule has 2 rings (SSSR count). The van der Waals surface area contributed by atoms with Crippen molar-refractivity contribution < 1.29 is 43.8 Å². The Balaban J connectivity index is 2.38. The van der Waals surface area contributed by atoms with E-state index >= 15 is 0 Å². The van der Waals surface area contributed by atoms with Gasteiger partial charge in [0.1, 0.15) is 30.5 Å². The summed E-state index contributed by atoms with van der Waals surface area (Å²) in [6, 6.07) is 0. The third kappa shape index (κ3) is 12.6. The largest absolute Gasteiger partial charge is 0.458 e. The van der Waals surface area contributed by atoms with Crippen molar-refractivity contribution in [1.29, 1.82) is 0 Å². The van der Waals surface area contributed by atoms with E-state index in [9.17, 15) is 20.1 Å². The predicted molar refractivity (Wildman–Crippen MR) is 166 cm³/mol. The van der Waals surface area contributed by atoms with Crippen LogP contribution in [0, 0.1) is 5.92 Å². The number of allylic oxidation sites excluding steroid dienone is 7. The number of carbonyl (C=O) groups excluding carboxylic acids is 1. The van der Waals surface area contributed by atoms with Crippen LogP contribution in [0.25, 0.3) is 0 Å². The van der Waals surface area contributed by atoms with Crippen LogP contribution in [0.1, 0.15) is 59.8 Å². The van der Waals surface area contributed by atoms with Gasteiger partial charge in [-0.25, -0.2) is 0 Å². The minimum Gasteiger partial charge on any atom is -0.458 e. The number of ether oxygens (including phenoxy) is 5. The number of cyclic esters (lactones) is 1. The van der Waals surface area contributed by atoms with Crippen LogP contribution in [0.5, 0.6) is 0 Å². The van der Waals surface area contributed by atoms with E-state index in [1.165, 1.54) is 7.11 Å². The summed E-state index contributed by atoms with van der Waals surface area (Å²) in [4.78, 5) is 13.3. The molecule has 9 atom stereocenters. The quantitative estimate of drug-likeness (QED) is 0.272. The van der Waals surface area contributed by atoms with Crippen LogP contribution in [-0.2, 0) is 28.5 Å². The predicted octanol–water partition coefficient (Wildman–Crippen LogP) is 4.49. The smallest absolute Gasteiger partial charge is 0.309 e. The Morgan fingerprint density at radius 2 is 1.79 bits per heavy atom. The number of hydrogen-bond acceptors (Lipinski definition) is 9. The van der Waals surface area contributed by atoms with E-state index in [2.05, 4.69) is 19.1 Å². The maximum absolute atomic E-state index is 13.3. The molecular formula is C34H52O9. The molecule has 242 valence electrons. The molecule has 2 aliphatic heterocycles. The Bertz CT molecular complexity index is 1010. The van der Waals surface area contributed by atoms with Crippen LogP contribution >= 0.6 is 0 Å². The van der Waals surface area contributed by atoms with Crippen LogP contribution in [0.3, 0.4) is 0 Å². The Labute approximate surface area is 257 Å². The number of rotatable bonds is 8. The number of aliphatic hydroxyl groups is 3. The van der Waals surface area contributed by atoms with Gasteiger partial charge in [0, 0.05) is 20.6 Å². The van der Waals surface area contributed by atoms with E-state index in [1.54, 1.807) is 13.2 Å².